The highest BCUT2D eigenvalue weighted by molar-refractivity contribution is 6.39. The summed E-state index contributed by atoms with van der Waals surface area (Å²) < 4.78 is 0. The predicted molar refractivity (Wildman–Crippen MR) is 72.2 cm³/mol. The number of amides is 1. The lowest BCUT2D eigenvalue weighted by Crippen LogP contribution is -2.31. The predicted octanol–water partition coefficient (Wildman–Crippen LogP) is 2.89. The lowest BCUT2D eigenvalue weighted by Gasteiger charge is -2.15. The van der Waals surface area contributed by atoms with Gasteiger partial charge in [0, 0.05) is 13.2 Å². The van der Waals surface area contributed by atoms with Crippen LogP contribution in [0.4, 0.5) is 0 Å². The molecule has 0 aromatic heterocycles. The molecule has 1 amide bonds. The van der Waals surface area contributed by atoms with E-state index in [1.165, 1.54) is 0 Å². The molecule has 0 saturated heterocycles. The van der Waals surface area contributed by atoms with E-state index in [1.807, 2.05) is 0 Å². The number of carbonyl (C=O) groups excluding carboxylic acids is 1. The summed E-state index contributed by atoms with van der Waals surface area (Å²) in [5.41, 5.74) is 0.402. The van der Waals surface area contributed by atoms with Gasteiger partial charge in [-0.15, -0.1) is 0 Å². The monoisotopic (exact) mass is 287 g/mol. The highest BCUT2D eigenvalue weighted by atomic mass is 35.5. The summed E-state index contributed by atoms with van der Waals surface area (Å²) in [5, 5.41) is 12.5. The van der Waals surface area contributed by atoms with Gasteiger partial charge in [-0.25, -0.2) is 0 Å². The van der Waals surface area contributed by atoms with Crippen LogP contribution in [0.25, 0.3) is 0 Å². The second-order valence-electron chi connectivity index (χ2n) is 4.75. The zero-order chi connectivity index (χ0) is 13.2. The molecule has 5 heteroatoms. The van der Waals surface area contributed by atoms with Gasteiger partial charge in [-0.05, 0) is 36.8 Å². The van der Waals surface area contributed by atoms with Crippen LogP contribution < -0.4 is 5.32 Å². The molecule has 1 aromatic rings. The molecule has 0 spiro atoms. The third-order valence-electron chi connectivity index (χ3n) is 3.41. The Morgan fingerprint density at radius 3 is 2.44 bits per heavy atom. The van der Waals surface area contributed by atoms with Crippen LogP contribution in [0.3, 0.4) is 0 Å². The van der Waals surface area contributed by atoms with Crippen LogP contribution in [0, 0.1) is 5.41 Å². The summed E-state index contributed by atoms with van der Waals surface area (Å²) in [4.78, 5) is 12.0. The Bertz CT molecular complexity index is 438. The second kappa shape index (κ2) is 5.47. The maximum Gasteiger partial charge on any atom is 0.254 e. The molecule has 0 atom stereocenters. The molecule has 0 heterocycles. The fourth-order valence-corrected chi connectivity index (χ4v) is 2.57. The van der Waals surface area contributed by atoms with Gasteiger partial charge in [0.2, 0.25) is 0 Å². The maximum atomic E-state index is 12.0. The Kier molecular flexibility index (Phi) is 4.15. The second-order valence-corrected chi connectivity index (χ2v) is 5.57. The minimum Gasteiger partial charge on any atom is -0.396 e. The van der Waals surface area contributed by atoms with Crippen LogP contribution in [-0.4, -0.2) is 24.2 Å². The van der Waals surface area contributed by atoms with Crippen LogP contribution in [0.5, 0.6) is 0 Å². The smallest absolute Gasteiger partial charge is 0.254 e. The van der Waals surface area contributed by atoms with E-state index in [0.29, 0.717) is 22.2 Å². The highest BCUT2D eigenvalue weighted by Crippen LogP contribution is 2.47. The van der Waals surface area contributed by atoms with Crippen molar-refractivity contribution in [2.45, 2.75) is 19.3 Å². The van der Waals surface area contributed by atoms with Gasteiger partial charge in [-0.3, -0.25) is 4.79 Å². The van der Waals surface area contributed by atoms with Crippen molar-refractivity contribution in [1.29, 1.82) is 0 Å². The minimum atomic E-state index is -0.255. The van der Waals surface area contributed by atoms with Crippen molar-refractivity contribution in [3.63, 3.8) is 0 Å². The average Bonchev–Trinajstić information content (AvgIpc) is 3.07. The van der Waals surface area contributed by atoms with Crippen molar-refractivity contribution in [3.05, 3.63) is 33.8 Å². The fraction of sp³-hybridized carbons (Fsp3) is 0.462. The van der Waals surface area contributed by atoms with E-state index in [0.717, 1.165) is 19.3 Å². The zero-order valence-corrected chi connectivity index (χ0v) is 11.4. The summed E-state index contributed by atoms with van der Waals surface area (Å²) in [6, 6.07) is 4.99. The quantitative estimate of drug-likeness (QED) is 0.875. The van der Waals surface area contributed by atoms with Crippen LogP contribution in [-0.2, 0) is 0 Å². The molecule has 2 rings (SSSR count). The number of hydrogen-bond acceptors (Lipinski definition) is 2. The molecule has 1 fully saturated rings. The standard InChI is InChI=1S/C13H15Cl2NO2/c14-9-2-1-3-10(15)11(9)12(18)16-8-13(4-5-13)6-7-17/h1-3,17H,4-8H2,(H,16,18). The summed E-state index contributed by atoms with van der Waals surface area (Å²) >= 11 is 11.9. The minimum absolute atomic E-state index is 0.0815. The van der Waals surface area contributed by atoms with E-state index < -0.39 is 0 Å². The first-order chi connectivity index (χ1) is 8.58. The van der Waals surface area contributed by atoms with E-state index in [9.17, 15) is 4.79 Å². The molecule has 1 saturated carbocycles. The number of nitrogens with one attached hydrogen (secondary N) is 1. The Morgan fingerprint density at radius 1 is 1.33 bits per heavy atom. The summed E-state index contributed by atoms with van der Waals surface area (Å²) in [7, 11) is 0. The largest absolute Gasteiger partial charge is 0.396 e. The van der Waals surface area contributed by atoms with Gasteiger partial charge in [0.05, 0.1) is 15.6 Å². The van der Waals surface area contributed by atoms with Gasteiger partial charge >= 0.3 is 0 Å². The Hall–Kier alpha value is -0.770. The molecular weight excluding hydrogens is 273 g/mol. The first-order valence-corrected chi connectivity index (χ1v) is 6.67. The SMILES string of the molecule is O=C(NCC1(CCO)CC1)c1c(Cl)cccc1Cl. The van der Waals surface area contributed by atoms with Gasteiger partial charge in [0.15, 0.2) is 0 Å². The zero-order valence-electron chi connectivity index (χ0n) is 9.88. The van der Waals surface area contributed by atoms with E-state index in [4.69, 9.17) is 28.3 Å². The number of hydrogen-bond donors (Lipinski definition) is 2. The van der Waals surface area contributed by atoms with Gasteiger partial charge in [0.1, 0.15) is 0 Å². The summed E-state index contributed by atoms with van der Waals surface area (Å²) in [5.74, 6) is -0.255. The molecule has 1 aliphatic carbocycles. The Morgan fingerprint density at radius 2 is 1.94 bits per heavy atom. The number of benzene rings is 1. The number of aliphatic hydroxyl groups is 1. The topological polar surface area (TPSA) is 49.3 Å². The van der Waals surface area contributed by atoms with Gasteiger partial charge in [-0.2, -0.15) is 0 Å². The summed E-state index contributed by atoms with van der Waals surface area (Å²) in [6.07, 6.45) is 2.82. The third-order valence-corrected chi connectivity index (χ3v) is 4.04. The molecule has 0 radical (unpaired) electrons. The molecular formula is C13H15Cl2NO2. The van der Waals surface area contributed by atoms with E-state index >= 15 is 0 Å². The molecule has 0 bridgehead atoms. The number of carbonyl (C=O) groups is 1. The molecule has 0 unspecified atom stereocenters. The molecule has 1 aliphatic rings. The number of rotatable bonds is 5. The Balaban J connectivity index is 2.00. The van der Waals surface area contributed by atoms with Crippen LogP contribution >= 0.6 is 23.2 Å². The van der Waals surface area contributed by atoms with Crippen molar-refractivity contribution >= 4 is 29.1 Å². The third kappa shape index (κ3) is 2.97. The van der Waals surface area contributed by atoms with Crippen molar-refractivity contribution in [1.82, 2.24) is 5.32 Å². The lowest BCUT2D eigenvalue weighted by atomic mass is 10.0. The van der Waals surface area contributed by atoms with Crippen LogP contribution in [0.15, 0.2) is 18.2 Å². The summed E-state index contributed by atoms with van der Waals surface area (Å²) in [6.45, 7) is 0.719. The normalized spacial score (nSPS) is 16.4. The van der Waals surface area contributed by atoms with E-state index in [1.54, 1.807) is 18.2 Å². The van der Waals surface area contributed by atoms with Gasteiger partial charge in [-0.1, -0.05) is 29.3 Å². The first-order valence-electron chi connectivity index (χ1n) is 5.91. The van der Waals surface area contributed by atoms with Crippen molar-refractivity contribution < 1.29 is 9.90 Å². The number of aliphatic hydroxyl groups excluding tert-OH is 1. The molecule has 3 nitrogen and oxygen atoms in total. The number of halogens is 2. The van der Waals surface area contributed by atoms with Crippen molar-refractivity contribution in [2.24, 2.45) is 5.41 Å². The molecule has 2 N–H and O–H groups in total. The molecule has 98 valence electrons. The van der Waals surface area contributed by atoms with E-state index in [-0.39, 0.29) is 17.9 Å². The first kappa shape index (κ1) is 13.7. The van der Waals surface area contributed by atoms with Gasteiger partial charge < -0.3 is 10.4 Å². The average molecular weight is 288 g/mol. The maximum absolute atomic E-state index is 12.0. The molecule has 0 aliphatic heterocycles. The highest BCUT2D eigenvalue weighted by Gasteiger charge is 2.42. The lowest BCUT2D eigenvalue weighted by molar-refractivity contribution is 0.0941. The van der Waals surface area contributed by atoms with Crippen molar-refractivity contribution in [2.75, 3.05) is 13.2 Å². The Labute approximate surface area is 116 Å². The van der Waals surface area contributed by atoms with Gasteiger partial charge in [0.25, 0.3) is 5.91 Å². The fourth-order valence-electron chi connectivity index (χ4n) is 2.00. The van der Waals surface area contributed by atoms with Crippen molar-refractivity contribution in [3.8, 4) is 0 Å². The van der Waals surface area contributed by atoms with Crippen LogP contribution in [0.2, 0.25) is 10.0 Å². The van der Waals surface area contributed by atoms with Crippen LogP contribution in [0.1, 0.15) is 29.6 Å². The van der Waals surface area contributed by atoms with E-state index in [2.05, 4.69) is 5.32 Å². The molecule has 18 heavy (non-hydrogen) atoms. The molecule has 1 aromatic carbocycles.